The van der Waals surface area contributed by atoms with Crippen LogP contribution in [0, 0.1) is 6.92 Å². The van der Waals surface area contributed by atoms with Crippen molar-refractivity contribution < 1.29 is 0 Å². The Kier molecular flexibility index (Phi) is 4.53. The number of benzene rings is 2. The molecule has 0 saturated carbocycles. The minimum absolute atomic E-state index is 0.813. The molecule has 0 bridgehead atoms. The second-order valence-corrected chi connectivity index (χ2v) is 6.41. The number of halogens is 2. The van der Waals surface area contributed by atoms with E-state index in [0.717, 1.165) is 32.4 Å². The Morgan fingerprint density at radius 3 is 2.37 bits per heavy atom. The molecule has 0 unspecified atom stereocenters. The van der Waals surface area contributed by atoms with Crippen molar-refractivity contribution >= 4 is 43.2 Å². The van der Waals surface area contributed by atoms with Gasteiger partial charge >= 0.3 is 0 Å². The molecule has 2 rings (SSSR count). The van der Waals surface area contributed by atoms with E-state index in [-0.39, 0.29) is 0 Å². The lowest BCUT2D eigenvalue weighted by Crippen LogP contribution is -2.17. The molecule has 0 aliphatic carbocycles. The maximum absolute atomic E-state index is 5.91. The molecular formula is C15H16Br2N2. The summed E-state index contributed by atoms with van der Waals surface area (Å²) in [6, 6.07) is 12.4. The van der Waals surface area contributed by atoms with Crippen LogP contribution in [-0.4, -0.2) is 7.05 Å². The van der Waals surface area contributed by atoms with Gasteiger partial charge in [-0.2, -0.15) is 0 Å². The van der Waals surface area contributed by atoms with Crippen LogP contribution in [0.1, 0.15) is 11.1 Å². The number of hydrogen-bond acceptors (Lipinski definition) is 2. The van der Waals surface area contributed by atoms with Crippen LogP contribution in [0.5, 0.6) is 0 Å². The van der Waals surface area contributed by atoms with Crippen molar-refractivity contribution in [1.29, 1.82) is 0 Å². The molecule has 0 heterocycles. The zero-order valence-electron chi connectivity index (χ0n) is 11.0. The van der Waals surface area contributed by atoms with E-state index in [0.29, 0.717) is 0 Å². The average Bonchev–Trinajstić information content (AvgIpc) is 2.36. The van der Waals surface area contributed by atoms with Crippen LogP contribution in [0.15, 0.2) is 45.3 Å². The molecule has 100 valence electrons. The van der Waals surface area contributed by atoms with E-state index in [2.05, 4.69) is 74.1 Å². The quantitative estimate of drug-likeness (QED) is 0.775. The van der Waals surface area contributed by atoms with E-state index >= 15 is 0 Å². The largest absolute Gasteiger partial charge is 0.398 e. The van der Waals surface area contributed by atoms with E-state index < -0.39 is 0 Å². The summed E-state index contributed by atoms with van der Waals surface area (Å²) in [6.07, 6.45) is 0. The topological polar surface area (TPSA) is 29.3 Å². The van der Waals surface area contributed by atoms with E-state index in [1.165, 1.54) is 5.56 Å². The smallest absolute Gasteiger partial charge is 0.0515 e. The van der Waals surface area contributed by atoms with Crippen molar-refractivity contribution in [3.63, 3.8) is 0 Å². The fourth-order valence-corrected chi connectivity index (χ4v) is 2.85. The maximum atomic E-state index is 5.91. The lowest BCUT2D eigenvalue weighted by Gasteiger charge is -2.22. The van der Waals surface area contributed by atoms with Gasteiger partial charge in [0.25, 0.3) is 0 Å². The lowest BCUT2D eigenvalue weighted by molar-refractivity contribution is 0.919. The van der Waals surface area contributed by atoms with Crippen molar-refractivity contribution in [2.45, 2.75) is 13.5 Å². The first-order valence-corrected chi connectivity index (χ1v) is 7.57. The highest BCUT2D eigenvalue weighted by Gasteiger charge is 2.09. The zero-order chi connectivity index (χ0) is 14.0. The highest BCUT2D eigenvalue weighted by atomic mass is 79.9. The highest BCUT2D eigenvalue weighted by Crippen LogP contribution is 2.31. The van der Waals surface area contributed by atoms with Gasteiger partial charge in [-0.25, -0.2) is 0 Å². The van der Waals surface area contributed by atoms with Gasteiger partial charge in [-0.3, -0.25) is 0 Å². The first-order valence-electron chi connectivity index (χ1n) is 5.98. The molecule has 0 aliphatic rings. The van der Waals surface area contributed by atoms with Crippen LogP contribution in [-0.2, 0) is 6.54 Å². The van der Waals surface area contributed by atoms with Crippen LogP contribution >= 0.6 is 31.9 Å². The van der Waals surface area contributed by atoms with E-state index in [1.807, 2.05) is 13.0 Å². The third kappa shape index (κ3) is 3.51. The van der Waals surface area contributed by atoms with Crippen molar-refractivity contribution in [1.82, 2.24) is 0 Å². The number of anilines is 2. The van der Waals surface area contributed by atoms with Crippen molar-refractivity contribution in [3.8, 4) is 0 Å². The summed E-state index contributed by atoms with van der Waals surface area (Å²) in [5.74, 6) is 0. The van der Waals surface area contributed by atoms with Gasteiger partial charge in [-0.15, -0.1) is 0 Å². The maximum Gasteiger partial charge on any atom is 0.0515 e. The predicted molar refractivity (Wildman–Crippen MR) is 89.5 cm³/mol. The molecule has 0 aromatic heterocycles. The van der Waals surface area contributed by atoms with Gasteiger partial charge in [-0.1, -0.05) is 28.1 Å². The lowest BCUT2D eigenvalue weighted by atomic mass is 10.1. The molecule has 0 amide bonds. The average molecular weight is 384 g/mol. The SMILES string of the molecule is Cc1cc(N(C)Cc2ccc(Br)cc2)c(Br)cc1N. The van der Waals surface area contributed by atoms with Gasteiger partial charge in [0.15, 0.2) is 0 Å². The summed E-state index contributed by atoms with van der Waals surface area (Å²) in [5.41, 5.74) is 10.2. The Hall–Kier alpha value is -1.00. The van der Waals surface area contributed by atoms with Crippen molar-refractivity contribution in [3.05, 3.63) is 56.5 Å². The molecule has 0 fully saturated rings. The molecule has 4 heteroatoms. The number of nitrogens with two attached hydrogens (primary N) is 1. The Labute approximate surface area is 130 Å². The molecule has 19 heavy (non-hydrogen) atoms. The standard InChI is InChI=1S/C15H16Br2N2/c1-10-7-15(13(17)8-14(10)18)19(2)9-11-3-5-12(16)6-4-11/h3-8H,9,18H2,1-2H3. The molecule has 2 aromatic rings. The van der Waals surface area contributed by atoms with Gasteiger partial charge in [0.2, 0.25) is 0 Å². The highest BCUT2D eigenvalue weighted by molar-refractivity contribution is 9.10. The van der Waals surface area contributed by atoms with Crippen LogP contribution in [0.3, 0.4) is 0 Å². The summed E-state index contributed by atoms with van der Waals surface area (Å²) in [5, 5.41) is 0. The van der Waals surface area contributed by atoms with Gasteiger partial charge < -0.3 is 10.6 Å². The second kappa shape index (κ2) is 5.97. The minimum Gasteiger partial charge on any atom is -0.398 e. The first-order chi connectivity index (χ1) is 8.97. The Morgan fingerprint density at radius 1 is 1.11 bits per heavy atom. The molecule has 2 N–H and O–H groups in total. The van der Waals surface area contributed by atoms with E-state index in [1.54, 1.807) is 0 Å². The monoisotopic (exact) mass is 382 g/mol. The third-order valence-electron chi connectivity index (χ3n) is 3.08. The van der Waals surface area contributed by atoms with Crippen LogP contribution in [0.4, 0.5) is 11.4 Å². The molecule has 0 aliphatic heterocycles. The van der Waals surface area contributed by atoms with Gasteiger partial charge in [0.1, 0.15) is 0 Å². The molecule has 0 atom stereocenters. The first kappa shape index (κ1) is 14.4. The number of rotatable bonds is 3. The predicted octanol–water partition coefficient (Wildman–Crippen LogP) is 4.74. The summed E-state index contributed by atoms with van der Waals surface area (Å²) < 4.78 is 2.12. The Morgan fingerprint density at radius 2 is 1.74 bits per heavy atom. The second-order valence-electron chi connectivity index (χ2n) is 4.64. The van der Waals surface area contributed by atoms with Gasteiger partial charge in [-0.05, 0) is 58.2 Å². The molecule has 0 radical (unpaired) electrons. The fourth-order valence-electron chi connectivity index (χ4n) is 1.92. The number of aryl methyl sites for hydroxylation is 1. The zero-order valence-corrected chi connectivity index (χ0v) is 14.1. The number of nitrogen functional groups attached to an aromatic ring is 1. The molecule has 2 nitrogen and oxygen atoms in total. The molecule has 2 aromatic carbocycles. The van der Waals surface area contributed by atoms with Gasteiger partial charge in [0.05, 0.1) is 5.69 Å². The van der Waals surface area contributed by atoms with E-state index in [9.17, 15) is 0 Å². The number of nitrogens with zero attached hydrogens (tertiary/aromatic N) is 1. The van der Waals surface area contributed by atoms with Crippen molar-refractivity contribution in [2.75, 3.05) is 17.7 Å². The van der Waals surface area contributed by atoms with Gasteiger partial charge in [0, 0.05) is 28.2 Å². The number of hydrogen-bond donors (Lipinski definition) is 1. The minimum atomic E-state index is 0.813. The summed E-state index contributed by atoms with van der Waals surface area (Å²) >= 11 is 7.03. The van der Waals surface area contributed by atoms with E-state index in [4.69, 9.17) is 5.73 Å². The molecule has 0 saturated heterocycles. The normalized spacial score (nSPS) is 10.5. The molecule has 0 spiro atoms. The van der Waals surface area contributed by atoms with Crippen LogP contribution < -0.4 is 10.6 Å². The third-order valence-corrected chi connectivity index (χ3v) is 4.24. The summed E-state index contributed by atoms with van der Waals surface area (Å²) in [4.78, 5) is 2.21. The summed E-state index contributed by atoms with van der Waals surface area (Å²) in [7, 11) is 2.08. The fraction of sp³-hybridized carbons (Fsp3) is 0.200. The molecular weight excluding hydrogens is 368 g/mol. The Bertz CT molecular complexity index is 579. The Balaban J connectivity index is 2.22. The van der Waals surface area contributed by atoms with Crippen LogP contribution in [0.2, 0.25) is 0 Å². The van der Waals surface area contributed by atoms with Crippen LogP contribution in [0.25, 0.3) is 0 Å². The van der Waals surface area contributed by atoms with Crippen molar-refractivity contribution in [2.24, 2.45) is 0 Å². The summed E-state index contributed by atoms with van der Waals surface area (Å²) in [6.45, 7) is 2.88.